The first-order valence-electron chi connectivity index (χ1n) is 19.7. The van der Waals surface area contributed by atoms with Gasteiger partial charge in [0.25, 0.3) is 0 Å². The summed E-state index contributed by atoms with van der Waals surface area (Å²) in [4.78, 5) is 12.1. The zero-order valence-electron chi connectivity index (χ0n) is 32.6. The molecule has 4 aliphatic heterocycles. The van der Waals surface area contributed by atoms with Crippen LogP contribution in [0.4, 0.5) is 11.9 Å². The van der Waals surface area contributed by atoms with Crippen LogP contribution in [0.3, 0.4) is 0 Å². The summed E-state index contributed by atoms with van der Waals surface area (Å²) in [5.41, 5.74) is 8.48. The maximum absolute atomic E-state index is 8.04. The Balaban J connectivity index is 0.000000206. The van der Waals surface area contributed by atoms with Gasteiger partial charge in [-0.2, -0.15) is 26.4 Å². The molecule has 5 heterocycles. The Morgan fingerprint density at radius 2 is 1.33 bits per heavy atom. The molecule has 0 amide bonds. The third-order valence-corrected chi connectivity index (χ3v) is 14.3. The van der Waals surface area contributed by atoms with Crippen molar-refractivity contribution in [3.05, 3.63) is 69.7 Å². The quantitative estimate of drug-likeness (QED) is 0.183. The largest absolute Gasteiger partial charge is 0.368 e. The monoisotopic (exact) mass is 850 g/mol. The van der Waals surface area contributed by atoms with E-state index in [9.17, 15) is 0 Å². The maximum Gasteiger partial charge on any atom is 0.246 e. The summed E-state index contributed by atoms with van der Waals surface area (Å²) in [6, 6.07) is 19.6. The van der Waals surface area contributed by atoms with Crippen molar-refractivity contribution in [2.45, 2.75) is 101 Å². The van der Waals surface area contributed by atoms with Crippen LogP contribution in [0.25, 0.3) is 0 Å². The van der Waals surface area contributed by atoms with Gasteiger partial charge in [0.1, 0.15) is 0 Å². The highest BCUT2D eigenvalue weighted by Gasteiger charge is 2.32. The van der Waals surface area contributed by atoms with Crippen molar-refractivity contribution < 1.29 is 0 Å². The van der Waals surface area contributed by atoms with Crippen LogP contribution < -0.4 is 16.0 Å². The second kappa shape index (κ2) is 24.6. The normalized spacial score (nSPS) is 22.0. The molecular formula is C40H61Cl3N10S2. The number of rotatable bonds is 9. The summed E-state index contributed by atoms with van der Waals surface area (Å²) in [6.45, 7) is 6.88. The number of aromatic amines is 1. The number of thioether (sulfide) groups is 1. The van der Waals surface area contributed by atoms with Crippen molar-refractivity contribution in [1.29, 1.82) is 5.26 Å². The van der Waals surface area contributed by atoms with Crippen molar-refractivity contribution in [2.75, 3.05) is 67.5 Å². The number of benzene rings is 2. The summed E-state index contributed by atoms with van der Waals surface area (Å²) in [6.07, 6.45) is 21.1. The predicted molar refractivity (Wildman–Crippen MR) is 238 cm³/mol. The highest BCUT2D eigenvalue weighted by molar-refractivity contribution is 8.10. The fourth-order valence-electron chi connectivity index (χ4n) is 8.44. The molecule has 10 nitrogen and oxygen atoms in total. The van der Waals surface area contributed by atoms with Gasteiger partial charge in [0.05, 0.1) is 5.08 Å². The van der Waals surface area contributed by atoms with E-state index in [4.69, 9.17) is 34.2 Å². The summed E-state index contributed by atoms with van der Waals surface area (Å²) in [5, 5.41) is 21.1. The van der Waals surface area contributed by atoms with E-state index >= 15 is 0 Å². The molecule has 2 aromatic carbocycles. The average Bonchev–Trinajstić information content (AvgIpc) is 3.64. The number of aromatic nitrogens is 3. The first-order valence-corrected chi connectivity index (χ1v) is 23.6. The van der Waals surface area contributed by atoms with Gasteiger partial charge in [-0.05, 0) is 138 Å². The molecule has 7 rings (SSSR count). The lowest BCUT2D eigenvalue weighted by molar-refractivity contribution is 0.0763. The van der Waals surface area contributed by atoms with Crippen LogP contribution in [-0.4, -0.2) is 106 Å². The van der Waals surface area contributed by atoms with Gasteiger partial charge in [-0.1, -0.05) is 71.0 Å². The van der Waals surface area contributed by atoms with E-state index in [1.807, 2.05) is 36.8 Å². The van der Waals surface area contributed by atoms with E-state index < -0.39 is 0 Å². The van der Waals surface area contributed by atoms with E-state index in [2.05, 4.69) is 63.8 Å². The minimum absolute atomic E-state index is 0. The summed E-state index contributed by atoms with van der Waals surface area (Å²) >= 11 is 13.7. The van der Waals surface area contributed by atoms with Gasteiger partial charge in [-0.15, -0.1) is 17.5 Å². The number of nitrogens with two attached hydrogens (primary N) is 1. The van der Waals surface area contributed by atoms with E-state index in [-0.39, 0.29) is 23.1 Å². The molecule has 0 aliphatic carbocycles. The molecule has 4 aliphatic rings. The smallest absolute Gasteiger partial charge is 0.246 e. The number of piperidine rings is 4. The number of anilines is 2. The van der Waals surface area contributed by atoms with E-state index in [1.165, 1.54) is 95.1 Å². The standard InChI is InChI=1S/C19H27ClN6.C17H25ClN2.C4H8N2S2.ClH/c20-15-6-4-14(5-7-15)13-17-3-1-2-10-26(17)16-8-11-25(12-9-16)19-22-18(21)23-24-19;18-15-6-4-14(5-7-15)13-17-3-1-2-12-20(17)16-8-10-19-11-9-16;1-7-4-8(2)6-3-5;/h4-7,16-17H,1-3,8-13H2,(H3,21,22,23,24);4-7,16-17,19H,1-3,8-13H2;4H2,1-2H3;1H. The number of halogens is 3. The summed E-state index contributed by atoms with van der Waals surface area (Å²) in [5.74, 6) is 1.12. The molecule has 0 radical (unpaired) electrons. The van der Waals surface area contributed by atoms with E-state index in [0.717, 1.165) is 65.5 Å². The highest BCUT2D eigenvalue weighted by atomic mass is 35.5. The number of nitriles is 1. The van der Waals surface area contributed by atoms with E-state index in [1.54, 1.807) is 18.0 Å². The van der Waals surface area contributed by atoms with Crippen molar-refractivity contribution in [3.8, 4) is 6.19 Å². The summed E-state index contributed by atoms with van der Waals surface area (Å²) < 4.78 is 3.63. The molecule has 3 atom stereocenters. The number of hydrogen-bond donors (Lipinski definition) is 3. The van der Waals surface area contributed by atoms with Crippen molar-refractivity contribution in [3.63, 3.8) is 0 Å². The molecule has 0 spiro atoms. The molecule has 15 heteroatoms. The Labute approximate surface area is 352 Å². The molecule has 4 N–H and O–H groups in total. The third kappa shape index (κ3) is 15.0. The van der Waals surface area contributed by atoms with Crippen LogP contribution in [0.2, 0.25) is 10.0 Å². The van der Waals surface area contributed by atoms with Gasteiger partial charge in [-0.3, -0.25) is 9.80 Å². The Hall–Kier alpha value is -2.08. The zero-order chi connectivity index (χ0) is 38.1. The van der Waals surface area contributed by atoms with E-state index in [0.29, 0.717) is 18.0 Å². The van der Waals surface area contributed by atoms with Gasteiger partial charge < -0.3 is 16.0 Å². The maximum atomic E-state index is 8.04. The van der Waals surface area contributed by atoms with Crippen LogP contribution in [0.5, 0.6) is 0 Å². The molecule has 304 valence electrons. The van der Waals surface area contributed by atoms with Crippen molar-refractivity contribution in [1.82, 2.24) is 30.3 Å². The van der Waals surface area contributed by atoms with Crippen LogP contribution >= 0.6 is 47.4 Å². The number of nitrogens with zero attached hydrogens (tertiary/aromatic N) is 7. The molecule has 4 saturated heterocycles. The molecule has 4 fully saturated rings. The van der Waals surface area contributed by atoms with Crippen LogP contribution in [0.15, 0.2) is 52.9 Å². The number of H-pyrrole nitrogens is 1. The molecule has 0 bridgehead atoms. The second-order valence-corrected chi connectivity index (χ2v) is 18.6. The van der Waals surface area contributed by atoms with Gasteiger partial charge in [0.2, 0.25) is 18.1 Å². The molecule has 1 aromatic heterocycles. The van der Waals surface area contributed by atoms with Gasteiger partial charge in [0, 0.05) is 47.3 Å². The summed E-state index contributed by atoms with van der Waals surface area (Å²) in [7, 11) is -0.0432. The highest BCUT2D eigenvalue weighted by Crippen LogP contribution is 2.29. The first-order chi connectivity index (χ1) is 26.3. The molecule has 3 aromatic rings. The van der Waals surface area contributed by atoms with Crippen LogP contribution in [0.1, 0.15) is 75.3 Å². The van der Waals surface area contributed by atoms with Crippen molar-refractivity contribution in [2.24, 2.45) is 4.36 Å². The van der Waals surface area contributed by atoms with Gasteiger partial charge in [0.15, 0.2) is 0 Å². The lowest BCUT2D eigenvalue weighted by atomic mass is 9.91. The number of nitrogen functional groups attached to an aromatic ring is 1. The minimum atomic E-state index is -0.0432. The van der Waals surface area contributed by atoms with Crippen molar-refractivity contribution >= 4 is 70.0 Å². The van der Waals surface area contributed by atoms with Gasteiger partial charge >= 0.3 is 0 Å². The number of nitrogens with one attached hydrogen (secondary N) is 2. The fourth-order valence-corrected chi connectivity index (χ4v) is 10.4. The van der Waals surface area contributed by atoms with Crippen LogP contribution in [0, 0.1) is 11.5 Å². The predicted octanol–water partition coefficient (Wildman–Crippen LogP) is 8.24. The van der Waals surface area contributed by atoms with Crippen LogP contribution in [-0.2, 0) is 23.5 Å². The minimum Gasteiger partial charge on any atom is -0.368 e. The lowest BCUT2D eigenvalue weighted by Crippen LogP contribution is -2.51. The molecular weight excluding hydrogens is 791 g/mol. The fraction of sp³-hybridized carbons (Fsp3) is 0.625. The number of hydrogen-bond acceptors (Lipinski definition) is 10. The Morgan fingerprint density at radius 3 is 1.78 bits per heavy atom. The zero-order valence-corrected chi connectivity index (χ0v) is 36.5. The Bertz CT molecular complexity index is 1590. The molecule has 55 heavy (non-hydrogen) atoms. The molecule has 3 unspecified atom stereocenters. The SMILES string of the molecule is CSCS(C)=NC#N.Cl.Clc1ccc(CC2CCCCN2C2CCNCC2)cc1.Nc1nc(N2CCC(N3CCCCC3Cc3ccc(Cl)cc3)CC2)n[nH]1. The second-order valence-electron chi connectivity index (χ2n) is 14.9. The third-order valence-electron chi connectivity index (χ3n) is 11.1. The lowest BCUT2D eigenvalue weighted by Gasteiger charge is -2.44. The topological polar surface area (TPSA) is 125 Å². The average molecular weight is 852 g/mol. The first kappa shape index (κ1) is 45.6. The number of likely N-dealkylation sites (tertiary alicyclic amines) is 2. The molecule has 0 saturated carbocycles. The Kier molecular flexibility index (Phi) is 20.4. The van der Waals surface area contributed by atoms with Gasteiger partial charge in [-0.25, -0.2) is 5.10 Å². The Morgan fingerprint density at radius 1 is 0.818 bits per heavy atom.